The number of hydrogen-bond acceptors (Lipinski definition) is 2. The van der Waals surface area contributed by atoms with Crippen LogP contribution in [0.25, 0.3) is 0 Å². The standard InChI is InChI=1S/C14H12BrClFNO/c1-19-14-7-11(17)3-5-13(14)18-8-9-6-10(15)2-4-12(9)16/h2-7,18H,8H2,1H3. The molecule has 0 atom stereocenters. The summed E-state index contributed by atoms with van der Waals surface area (Å²) in [5.74, 6) is 0.133. The predicted molar refractivity (Wildman–Crippen MR) is 79.4 cm³/mol. The van der Waals surface area contributed by atoms with Crippen LogP contribution in [0.15, 0.2) is 40.9 Å². The number of benzene rings is 2. The Morgan fingerprint density at radius 2 is 2.05 bits per heavy atom. The van der Waals surface area contributed by atoms with E-state index in [1.54, 1.807) is 6.07 Å². The van der Waals surface area contributed by atoms with Gasteiger partial charge in [-0.3, -0.25) is 0 Å². The first-order chi connectivity index (χ1) is 9.10. The predicted octanol–water partition coefficient (Wildman–Crippen LogP) is 4.86. The molecule has 0 radical (unpaired) electrons. The molecule has 0 saturated heterocycles. The van der Waals surface area contributed by atoms with Gasteiger partial charge in [0.15, 0.2) is 0 Å². The maximum atomic E-state index is 13.1. The second kappa shape index (κ2) is 6.26. The Morgan fingerprint density at radius 1 is 1.26 bits per heavy atom. The lowest BCUT2D eigenvalue weighted by Gasteiger charge is -2.12. The Kier molecular flexibility index (Phi) is 4.66. The normalized spacial score (nSPS) is 10.3. The third-order valence-electron chi connectivity index (χ3n) is 2.64. The number of methoxy groups -OCH3 is 1. The summed E-state index contributed by atoms with van der Waals surface area (Å²) >= 11 is 9.51. The van der Waals surface area contributed by atoms with Gasteiger partial charge in [-0.1, -0.05) is 27.5 Å². The molecule has 0 heterocycles. The summed E-state index contributed by atoms with van der Waals surface area (Å²) < 4.78 is 19.2. The van der Waals surface area contributed by atoms with Crippen LogP contribution >= 0.6 is 27.5 Å². The molecule has 2 rings (SSSR count). The molecule has 19 heavy (non-hydrogen) atoms. The van der Waals surface area contributed by atoms with Gasteiger partial charge in [0.05, 0.1) is 12.8 Å². The zero-order valence-electron chi connectivity index (χ0n) is 10.2. The molecule has 0 saturated carbocycles. The van der Waals surface area contributed by atoms with Crippen molar-refractivity contribution in [1.29, 1.82) is 0 Å². The molecule has 0 aliphatic rings. The van der Waals surface area contributed by atoms with E-state index < -0.39 is 0 Å². The van der Waals surface area contributed by atoms with E-state index in [1.165, 1.54) is 19.2 Å². The first-order valence-electron chi connectivity index (χ1n) is 5.61. The van der Waals surface area contributed by atoms with Gasteiger partial charge >= 0.3 is 0 Å². The van der Waals surface area contributed by atoms with Gasteiger partial charge in [-0.25, -0.2) is 4.39 Å². The summed E-state index contributed by atoms with van der Waals surface area (Å²) in [4.78, 5) is 0. The minimum Gasteiger partial charge on any atom is -0.494 e. The lowest BCUT2D eigenvalue weighted by Crippen LogP contribution is -2.02. The Morgan fingerprint density at radius 3 is 2.79 bits per heavy atom. The number of anilines is 1. The summed E-state index contributed by atoms with van der Waals surface area (Å²) in [6.45, 7) is 0.528. The molecule has 0 unspecified atom stereocenters. The topological polar surface area (TPSA) is 21.3 Å². The number of hydrogen-bond donors (Lipinski definition) is 1. The van der Waals surface area contributed by atoms with E-state index in [2.05, 4.69) is 21.2 Å². The fourth-order valence-corrected chi connectivity index (χ4v) is 2.27. The van der Waals surface area contributed by atoms with Crippen LogP contribution in [-0.2, 0) is 6.54 Å². The highest BCUT2D eigenvalue weighted by atomic mass is 79.9. The van der Waals surface area contributed by atoms with E-state index in [-0.39, 0.29) is 5.82 Å². The Labute approximate surface area is 124 Å². The zero-order valence-corrected chi connectivity index (χ0v) is 12.6. The molecule has 0 bridgehead atoms. The van der Waals surface area contributed by atoms with Crippen molar-refractivity contribution < 1.29 is 9.13 Å². The molecule has 2 aromatic carbocycles. The molecule has 0 amide bonds. The van der Waals surface area contributed by atoms with E-state index in [1.807, 2.05) is 18.2 Å². The minimum atomic E-state index is -0.331. The van der Waals surface area contributed by atoms with Gasteiger partial charge in [-0.2, -0.15) is 0 Å². The lowest BCUT2D eigenvalue weighted by atomic mass is 10.2. The number of rotatable bonds is 4. The molecular weight excluding hydrogens is 333 g/mol. The minimum absolute atomic E-state index is 0.331. The van der Waals surface area contributed by atoms with Crippen LogP contribution in [0.1, 0.15) is 5.56 Å². The summed E-state index contributed by atoms with van der Waals surface area (Å²) in [6.07, 6.45) is 0. The second-order valence-electron chi connectivity index (χ2n) is 3.93. The van der Waals surface area contributed by atoms with Gasteiger partial charge < -0.3 is 10.1 Å². The average Bonchev–Trinajstić information content (AvgIpc) is 2.40. The lowest BCUT2D eigenvalue weighted by molar-refractivity contribution is 0.413. The summed E-state index contributed by atoms with van der Waals surface area (Å²) in [5, 5.41) is 3.86. The van der Waals surface area contributed by atoms with Crippen LogP contribution in [0, 0.1) is 5.82 Å². The molecule has 0 aliphatic heterocycles. The molecule has 0 spiro atoms. The average molecular weight is 345 g/mol. The fourth-order valence-electron chi connectivity index (χ4n) is 1.68. The second-order valence-corrected chi connectivity index (χ2v) is 5.26. The molecule has 0 aliphatic carbocycles. The molecule has 100 valence electrons. The highest BCUT2D eigenvalue weighted by Crippen LogP contribution is 2.27. The van der Waals surface area contributed by atoms with Crippen molar-refractivity contribution in [1.82, 2.24) is 0 Å². The van der Waals surface area contributed by atoms with Gasteiger partial charge in [-0.15, -0.1) is 0 Å². The summed E-state index contributed by atoms with van der Waals surface area (Å²) in [7, 11) is 1.51. The molecule has 2 nitrogen and oxygen atoms in total. The number of nitrogens with one attached hydrogen (secondary N) is 1. The van der Waals surface area contributed by atoms with Crippen LogP contribution < -0.4 is 10.1 Å². The molecule has 0 aromatic heterocycles. The van der Waals surface area contributed by atoms with Crippen molar-refractivity contribution in [2.75, 3.05) is 12.4 Å². The smallest absolute Gasteiger partial charge is 0.144 e. The first kappa shape index (κ1) is 14.2. The maximum Gasteiger partial charge on any atom is 0.144 e. The van der Waals surface area contributed by atoms with Crippen molar-refractivity contribution in [3.8, 4) is 5.75 Å². The van der Waals surface area contributed by atoms with E-state index in [4.69, 9.17) is 16.3 Å². The van der Waals surface area contributed by atoms with E-state index in [9.17, 15) is 4.39 Å². The van der Waals surface area contributed by atoms with E-state index in [0.29, 0.717) is 17.3 Å². The van der Waals surface area contributed by atoms with Gasteiger partial charge in [0.2, 0.25) is 0 Å². The van der Waals surface area contributed by atoms with Gasteiger partial charge in [0, 0.05) is 22.1 Å². The monoisotopic (exact) mass is 343 g/mol. The van der Waals surface area contributed by atoms with Crippen molar-refractivity contribution in [3.05, 3.63) is 57.3 Å². The molecular formula is C14H12BrClFNO. The Bertz CT molecular complexity index is 592. The highest BCUT2D eigenvalue weighted by molar-refractivity contribution is 9.10. The van der Waals surface area contributed by atoms with E-state index >= 15 is 0 Å². The number of ether oxygens (including phenoxy) is 1. The van der Waals surface area contributed by atoms with Crippen LogP contribution in [0.3, 0.4) is 0 Å². The summed E-state index contributed by atoms with van der Waals surface area (Å²) in [5.41, 5.74) is 1.67. The van der Waals surface area contributed by atoms with Crippen LogP contribution in [0.2, 0.25) is 5.02 Å². The quantitative estimate of drug-likeness (QED) is 0.855. The van der Waals surface area contributed by atoms with Crippen LogP contribution in [0.4, 0.5) is 10.1 Å². The third kappa shape index (κ3) is 3.61. The Balaban J connectivity index is 2.16. The van der Waals surface area contributed by atoms with Crippen LogP contribution in [0.5, 0.6) is 5.75 Å². The third-order valence-corrected chi connectivity index (χ3v) is 3.50. The van der Waals surface area contributed by atoms with E-state index in [0.717, 1.165) is 15.7 Å². The molecule has 2 aromatic rings. The first-order valence-corrected chi connectivity index (χ1v) is 6.78. The van der Waals surface area contributed by atoms with Gasteiger partial charge in [0.25, 0.3) is 0 Å². The van der Waals surface area contributed by atoms with Crippen molar-refractivity contribution in [3.63, 3.8) is 0 Å². The molecule has 1 N–H and O–H groups in total. The maximum absolute atomic E-state index is 13.1. The van der Waals surface area contributed by atoms with Gasteiger partial charge in [0.1, 0.15) is 11.6 Å². The molecule has 5 heteroatoms. The Hall–Kier alpha value is -1.26. The van der Waals surface area contributed by atoms with Crippen LogP contribution in [-0.4, -0.2) is 7.11 Å². The molecule has 0 fully saturated rings. The zero-order chi connectivity index (χ0) is 13.8. The van der Waals surface area contributed by atoms with Crippen molar-refractivity contribution in [2.24, 2.45) is 0 Å². The SMILES string of the molecule is COc1cc(F)ccc1NCc1cc(Br)ccc1Cl. The largest absolute Gasteiger partial charge is 0.494 e. The van der Waals surface area contributed by atoms with Crippen molar-refractivity contribution >= 4 is 33.2 Å². The number of halogens is 3. The summed E-state index contributed by atoms with van der Waals surface area (Å²) in [6, 6.07) is 10.00. The van der Waals surface area contributed by atoms with Crippen molar-refractivity contribution in [2.45, 2.75) is 6.54 Å². The highest BCUT2D eigenvalue weighted by Gasteiger charge is 2.06. The fraction of sp³-hybridized carbons (Fsp3) is 0.143. The van der Waals surface area contributed by atoms with Gasteiger partial charge in [-0.05, 0) is 35.9 Å².